The molecule has 10 heteroatoms. The molecule has 188 valence electrons. The molecular weight excluding hydrogens is 488 g/mol. The zero-order valence-corrected chi connectivity index (χ0v) is 21.5. The highest BCUT2D eigenvalue weighted by Crippen LogP contribution is 2.31. The maximum Gasteiger partial charge on any atom is 0.320 e. The zero-order chi connectivity index (χ0) is 24.8. The summed E-state index contributed by atoms with van der Waals surface area (Å²) in [6.45, 7) is 6.20. The van der Waals surface area contributed by atoms with E-state index in [4.69, 9.17) is 16.3 Å². The number of piperidine rings is 1. The van der Waals surface area contributed by atoms with Crippen LogP contribution in [0, 0.1) is 0 Å². The van der Waals surface area contributed by atoms with Gasteiger partial charge in [0, 0.05) is 55.6 Å². The molecule has 2 fully saturated rings. The SMILES string of the molecule is CCOC(=O)CN1CCN(C(=O)c2csc(C3CCN(C(=O)Cc4ccccc4Cl)CC3)n2)CC1. The molecule has 2 saturated heterocycles. The Morgan fingerprint density at radius 1 is 1.06 bits per heavy atom. The molecule has 1 aromatic heterocycles. The van der Waals surface area contributed by atoms with Crippen molar-refractivity contribution in [2.75, 3.05) is 52.4 Å². The highest BCUT2D eigenvalue weighted by molar-refractivity contribution is 7.09. The monoisotopic (exact) mass is 518 g/mol. The highest BCUT2D eigenvalue weighted by Gasteiger charge is 2.29. The molecule has 0 aliphatic carbocycles. The van der Waals surface area contributed by atoms with Gasteiger partial charge in [0.1, 0.15) is 5.69 Å². The summed E-state index contributed by atoms with van der Waals surface area (Å²) in [5, 5.41) is 3.43. The summed E-state index contributed by atoms with van der Waals surface area (Å²) >= 11 is 7.73. The molecular formula is C25H31ClN4O4S. The Morgan fingerprint density at radius 2 is 1.77 bits per heavy atom. The van der Waals surface area contributed by atoms with E-state index in [9.17, 15) is 14.4 Å². The second-order valence-corrected chi connectivity index (χ2v) is 10.2. The third-order valence-electron chi connectivity index (χ3n) is 6.56. The number of ether oxygens (including phenoxy) is 1. The van der Waals surface area contributed by atoms with E-state index in [-0.39, 0.29) is 30.2 Å². The molecule has 8 nitrogen and oxygen atoms in total. The lowest BCUT2D eigenvalue weighted by molar-refractivity contribution is -0.144. The first-order chi connectivity index (χ1) is 16.9. The minimum absolute atomic E-state index is 0.0596. The number of halogens is 1. The number of hydrogen-bond acceptors (Lipinski definition) is 7. The number of aromatic nitrogens is 1. The number of piperazine rings is 1. The quantitative estimate of drug-likeness (QED) is 0.524. The summed E-state index contributed by atoms with van der Waals surface area (Å²) in [4.78, 5) is 47.7. The molecule has 2 aliphatic rings. The van der Waals surface area contributed by atoms with Gasteiger partial charge in [0.15, 0.2) is 0 Å². The van der Waals surface area contributed by atoms with Gasteiger partial charge in [-0.15, -0.1) is 11.3 Å². The number of amides is 2. The van der Waals surface area contributed by atoms with Crippen molar-refractivity contribution in [1.29, 1.82) is 0 Å². The molecule has 4 rings (SSSR count). The molecule has 3 heterocycles. The third-order valence-corrected chi connectivity index (χ3v) is 7.93. The lowest BCUT2D eigenvalue weighted by atomic mass is 9.97. The molecule has 2 amide bonds. The molecule has 2 aliphatic heterocycles. The molecule has 0 unspecified atom stereocenters. The van der Waals surface area contributed by atoms with E-state index in [1.165, 1.54) is 11.3 Å². The van der Waals surface area contributed by atoms with Crippen LogP contribution >= 0.6 is 22.9 Å². The number of likely N-dealkylation sites (tertiary alicyclic amines) is 1. The van der Waals surface area contributed by atoms with E-state index < -0.39 is 0 Å². The molecule has 1 aromatic carbocycles. The molecule has 0 saturated carbocycles. The first kappa shape index (κ1) is 25.6. The summed E-state index contributed by atoms with van der Waals surface area (Å²) in [6.07, 6.45) is 1.98. The van der Waals surface area contributed by atoms with Crippen molar-refractivity contribution in [3.05, 3.63) is 50.9 Å². The third kappa shape index (κ3) is 6.59. The average molecular weight is 519 g/mol. The number of benzene rings is 1. The smallest absolute Gasteiger partial charge is 0.320 e. The van der Waals surface area contributed by atoms with Crippen molar-refractivity contribution in [1.82, 2.24) is 19.7 Å². The molecule has 0 N–H and O–H groups in total. The molecule has 0 spiro atoms. The van der Waals surface area contributed by atoms with Crippen molar-refractivity contribution in [2.45, 2.75) is 32.1 Å². The Balaban J connectivity index is 1.25. The minimum Gasteiger partial charge on any atom is -0.465 e. The minimum atomic E-state index is -0.229. The van der Waals surface area contributed by atoms with Crippen LogP contribution in [0.3, 0.4) is 0 Å². The van der Waals surface area contributed by atoms with Gasteiger partial charge in [-0.25, -0.2) is 4.98 Å². The van der Waals surface area contributed by atoms with Crippen molar-refractivity contribution in [2.24, 2.45) is 0 Å². The van der Waals surface area contributed by atoms with Gasteiger partial charge in [0.25, 0.3) is 5.91 Å². The van der Waals surface area contributed by atoms with E-state index >= 15 is 0 Å². The van der Waals surface area contributed by atoms with Crippen molar-refractivity contribution in [3.63, 3.8) is 0 Å². The Morgan fingerprint density at radius 3 is 2.46 bits per heavy atom. The number of esters is 1. The van der Waals surface area contributed by atoms with Crippen LogP contribution in [-0.4, -0.2) is 89.9 Å². The summed E-state index contributed by atoms with van der Waals surface area (Å²) in [5.74, 6) is 0.0599. The van der Waals surface area contributed by atoms with Gasteiger partial charge in [-0.3, -0.25) is 19.3 Å². The van der Waals surface area contributed by atoms with Crippen molar-refractivity contribution < 1.29 is 19.1 Å². The fourth-order valence-electron chi connectivity index (χ4n) is 4.53. The Kier molecular flexibility index (Phi) is 8.75. The second-order valence-electron chi connectivity index (χ2n) is 8.87. The van der Waals surface area contributed by atoms with Crippen LogP contribution in [-0.2, 0) is 20.7 Å². The van der Waals surface area contributed by atoms with E-state index in [0.717, 1.165) is 23.4 Å². The maximum atomic E-state index is 13.0. The van der Waals surface area contributed by atoms with Crippen LogP contribution in [0.2, 0.25) is 5.02 Å². The predicted octanol–water partition coefficient (Wildman–Crippen LogP) is 3.07. The van der Waals surface area contributed by atoms with Crippen LogP contribution in [0.5, 0.6) is 0 Å². The van der Waals surface area contributed by atoms with Gasteiger partial charge >= 0.3 is 5.97 Å². The number of carbonyl (C=O) groups excluding carboxylic acids is 3. The first-order valence-electron chi connectivity index (χ1n) is 12.1. The van der Waals surface area contributed by atoms with Gasteiger partial charge in [0.2, 0.25) is 5.91 Å². The van der Waals surface area contributed by atoms with E-state index in [1.807, 2.05) is 33.4 Å². The van der Waals surface area contributed by atoms with Gasteiger partial charge < -0.3 is 14.5 Å². The fraction of sp³-hybridized carbons (Fsp3) is 0.520. The summed E-state index contributed by atoms with van der Waals surface area (Å²) in [7, 11) is 0. The van der Waals surface area contributed by atoms with E-state index in [2.05, 4.69) is 4.98 Å². The van der Waals surface area contributed by atoms with Gasteiger partial charge in [-0.2, -0.15) is 0 Å². The number of rotatable bonds is 7. The fourth-order valence-corrected chi connectivity index (χ4v) is 5.69. The number of nitrogens with zero attached hydrogens (tertiary/aromatic N) is 4. The van der Waals surface area contributed by atoms with Crippen LogP contribution in [0.15, 0.2) is 29.6 Å². The molecule has 35 heavy (non-hydrogen) atoms. The number of carbonyl (C=O) groups is 3. The Labute approximate surface area is 214 Å². The Hall–Kier alpha value is -2.49. The van der Waals surface area contributed by atoms with Crippen molar-refractivity contribution in [3.8, 4) is 0 Å². The molecule has 0 radical (unpaired) electrons. The van der Waals surface area contributed by atoms with Crippen LogP contribution in [0.25, 0.3) is 0 Å². The molecule has 2 aromatic rings. The van der Waals surface area contributed by atoms with Gasteiger partial charge in [-0.1, -0.05) is 29.8 Å². The molecule has 0 atom stereocenters. The lowest BCUT2D eigenvalue weighted by Gasteiger charge is -2.33. The molecule has 0 bridgehead atoms. The van der Waals surface area contributed by atoms with Gasteiger partial charge in [-0.05, 0) is 31.4 Å². The van der Waals surface area contributed by atoms with E-state index in [0.29, 0.717) is 63.0 Å². The summed E-state index contributed by atoms with van der Waals surface area (Å²) in [6, 6.07) is 7.45. The van der Waals surface area contributed by atoms with Crippen LogP contribution in [0.4, 0.5) is 0 Å². The zero-order valence-electron chi connectivity index (χ0n) is 20.0. The standard InChI is InChI=1S/C25H31ClN4O4S/c1-2-34-23(32)16-28-11-13-30(14-12-28)25(33)21-17-35-24(27-21)18-7-9-29(10-8-18)22(31)15-19-5-3-4-6-20(19)26/h3-6,17-18H,2,7-16H2,1H3. The lowest BCUT2D eigenvalue weighted by Crippen LogP contribution is -2.50. The largest absolute Gasteiger partial charge is 0.465 e. The Bertz CT molecular complexity index is 1050. The normalized spacial score (nSPS) is 17.4. The predicted molar refractivity (Wildman–Crippen MR) is 135 cm³/mol. The van der Waals surface area contributed by atoms with Crippen LogP contribution < -0.4 is 0 Å². The highest BCUT2D eigenvalue weighted by atomic mass is 35.5. The summed E-state index contributed by atoms with van der Waals surface area (Å²) in [5.41, 5.74) is 1.34. The number of hydrogen-bond donors (Lipinski definition) is 0. The average Bonchev–Trinajstić information content (AvgIpc) is 3.36. The van der Waals surface area contributed by atoms with Gasteiger partial charge in [0.05, 0.1) is 24.6 Å². The second kappa shape index (κ2) is 12.0. The number of thiazole rings is 1. The maximum absolute atomic E-state index is 13.0. The summed E-state index contributed by atoms with van der Waals surface area (Å²) < 4.78 is 5.00. The van der Waals surface area contributed by atoms with Crippen LogP contribution in [0.1, 0.15) is 46.7 Å². The first-order valence-corrected chi connectivity index (χ1v) is 13.3. The van der Waals surface area contributed by atoms with Crippen molar-refractivity contribution >= 4 is 40.7 Å². The van der Waals surface area contributed by atoms with E-state index in [1.54, 1.807) is 17.9 Å². The topological polar surface area (TPSA) is 83.0 Å².